The lowest BCUT2D eigenvalue weighted by atomic mass is 10.1. The van der Waals surface area contributed by atoms with Crippen molar-refractivity contribution in [2.75, 3.05) is 0 Å². The first-order valence-electron chi connectivity index (χ1n) is 2.61. The van der Waals surface area contributed by atoms with E-state index in [-0.39, 0.29) is 0 Å². The van der Waals surface area contributed by atoms with Gasteiger partial charge in [-0.1, -0.05) is 36.7 Å². The van der Waals surface area contributed by atoms with Crippen molar-refractivity contribution < 1.29 is 0 Å². The summed E-state index contributed by atoms with van der Waals surface area (Å²) in [6, 6.07) is 0. The van der Waals surface area contributed by atoms with E-state index >= 15 is 0 Å². The standard InChI is InChI=1S/C6H12Br/c1-4-6(7)5(2)3/h5-6H,1,4H2,2-3H3. The topological polar surface area (TPSA) is 0 Å². The van der Waals surface area contributed by atoms with Gasteiger partial charge in [-0.2, -0.15) is 0 Å². The third-order valence-corrected chi connectivity index (χ3v) is 2.51. The van der Waals surface area contributed by atoms with Crippen LogP contribution in [0, 0.1) is 12.8 Å². The lowest BCUT2D eigenvalue weighted by Gasteiger charge is -2.08. The highest BCUT2D eigenvalue weighted by atomic mass is 79.9. The van der Waals surface area contributed by atoms with Crippen LogP contribution < -0.4 is 0 Å². The molecule has 1 unspecified atom stereocenters. The van der Waals surface area contributed by atoms with Crippen molar-refractivity contribution in [2.45, 2.75) is 25.1 Å². The molecule has 1 atom stereocenters. The molecule has 1 radical (unpaired) electrons. The molecule has 43 valence electrons. The van der Waals surface area contributed by atoms with Crippen molar-refractivity contribution in [1.82, 2.24) is 0 Å². The van der Waals surface area contributed by atoms with Crippen molar-refractivity contribution in [2.24, 2.45) is 5.92 Å². The molecule has 0 aliphatic carbocycles. The Labute approximate surface area is 54.4 Å². The van der Waals surface area contributed by atoms with E-state index in [4.69, 9.17) is 0 Å². The molecule has 0 fully saturated rings. The van der Waals surface area contributed by atoms with Crippen LogP contribution in [0.15, 0.2) is 0 Å². The summed E-state index contributed by atoms with van der Waals surface area (Å²) in [5.74, 6) is 0.720. The highest BCUT2D eigenvalue weighted by Gasteiger charge is 2.03. The maximum atomic E-state index is 3.76. The zero-order chi connectivity index (χ0) is 5.86. The first-order valence-corrected chi connectivity index (χ1v) is 3.53. The fraction of sp³-hybridized carbons (Fsp3) is 0.833. The van der Waals surface area contributed by atoms with E-state index in [2.05, 4.69) is 36.7 Å². The second-order valence-electron chi connectivity index (χ2n) is 2.05. The highest BCUT2D eigenvalue weighted by molar-refractivity contribution is 9.09. The van der Waals surface area contributed by atoms with Crippen LogP contribution in [-0.4, -0.2) is 4.83 Å². The summed E-state index contributed by atoms with van der Waals surface area (Å²) >= 11 is 3.48. The van der Waals surface area contributed by atoms with Gasteiger partial charge in [-0.05, 0) is 12.3 Å². The van der Waals surface area contributed by atoms with Crippen LogP contribution in [0.2, 0.25) is 0 Å². The van der Waals surface area contributed by atoms with Crippen LogP contribution in [0.4, 0.5) is 0 Å². The zero-order valence-corrected chi connectivity index (χ0v) is 6.53. The average molecular weight is 164 g/mol. The summed E-state index contributed by atoms with van der Waals surface area (Å²) in [4.78, 5) is 0.604. The first kappa shape index (κ1) is 7.48. The molecule has 0 amide bonds. The van der Waals surface area contributed by atoms with Crippen LogP contribution >= 0.6 is 15.9 Å². The van der Waals surface area contributed by atoms with Gasteiger partial charge in [0.15, 0.2) is 0 Å². The third-order valence-electron chi connectivity index (χ3n) is 0.999. The molecular formula is C6H12Br. The summed E-state index contributed by atoms with van der Waals surface area (Å²) < 4.78 is 0. The lowest BCUT2D eigenvalue weighted by Crippen LogP contribution is -2.03. The van der Waals surface area contributed by atoms with Crippen LogP contribution in [0.3, 0.4) is 0 Å². The number of alkyl halides is 1. The van der Waals surface area contributed by atoms with Gasteiger partial charge in [0.1, 0.15) is 0 Å². The number of hydrogen-bond donors (Lipinski definition) is 0. The Kier molecular flexibility index (Phi) is 3.72. The quantitative estimate of drug-likeness (QED) is 0.550. The lowest BCUT2D eigenvalue weighted by molar-refractivity contribution is 0.619. The van der Waals surface area contributed by atoms with Gasteiger partial charge in [-0.3, -0.25) is 0 Å². The Morgan fingerprint density at radius 2 is 2.00 bits per heavy atom. The normalized spacial score (nSPS) is 15.0. The predicted molar refractivity (Wildman–Crippen MR) is 37.5 cm³/mol. The summed E-state index contributed by atoms with van der Waals surface area (Å²) in [5, 5.41) is 0. The second-order valence-corrected chi connectivity index (χ2v) is 3.22. The molecule has 0 saturated heterocycles. The van der Waals surface area contributed by atoms with E-state index in [0.717, 1.165) is 12.3 Å². The SMILES string of the molecule is [CH2]CC(Br)C(C)C. The van der Waals surface area contributed by atoms with Gasteiger partial charge in [0.05, 0.1) is 0 Å². The molecule has 0 aliphatic rings. The Hall–Kier alpha value is 0.480. The summed E-state index contributed by atoms with van der Waals surface area (Å²) in [7, 11) is 0. The van der Waals surface area contributed by atoms with Gasteiger partial charge in [0.25, 0.3) is 0 Å². The van der Waals surface area contributed by atoms with Crippen LogP contribution in [0.1, 0.15) is 20.3 Å². The maximum Gasteiger partial charge on any atom is 0.0168 e. The zero-order valence-electron chi connectivity index (χ0n) is 4.95. The Bertz CT molecular complexity index is 41.4. The van der Waals surface area contributed by atoms with Gasteiger partial charge in [-0.15, -0.1) is 0 Å². The smallest absolute Gasteiger partial charge is 0.0168 e. The van der Waals surface area contributed by atoms with Crippen LogP contribution in [-0.2, 0) is 0 Å². The molecule has 7 heavy (non-hydrogen) atoms. The molecular weight excluding hydrogens is 152 g/mol. The van der Waals surface area contributed by atoms with E-state index in [1.807, 2.05) is 0 Å². The first-order chi connectivity index (χ1) is 3.18. The van der Waals surface area contributed by atoms with Crippen molar-refractivity contribution >= 4 is 15.9 Å². The van der Waals surface area contributed by atoms with Crippen molar-refractivity contribution in [1.29, 1.82) is 0 Å². The van der Waals surface area contributed by atoms with Gasteiger partial charge < -0.3 is 0 Å². The Morgan fingerprint density at radius 3 is 2.00 bits per heavy atom. The monoisotopic (exact) mass is 163 g/mol. The largest absolute Gasteiger partial charge is 0.0888 e. The van der Waals surface area contributed by atoms with Gasteiger partial charge in [0, 0.05) is 4.83 Å². The Balaban J connectivity index is 3.14. The summed E-state index contributed by atoms with van der Waals surface area (Å²) in [6.45, 7) is 8.13. The summed E-state index contributed by atoms with van der Waals surface area (Å²) in [5.41, 5.74) is 0. The van der Waals surface area contributed by atoms with E-state index in [1.165, 1.54) is 0 Å². The van der Waals surface area contributed by atoms with E-state index in [1.54, 1.807) is 0 Å². The fourth-order valence-electron chi connectivity index (χ4n) is 0.333. The molecule has 1 heteroatoms. The van der Waals surface area contributed by atoms with Crippen LogP contribution in [0.25, 0.3) is 0 Å². The minimum atomic E-state index is 0.604. The Morgan fingerprint density at radius 1 is 1.57 bits per heavy atom. The maximum absolute atomic E-state index is 3.76. The fourth-order valence-corrected chi connectivity index (χ4v) is 0.333. The number of rotatable bonds is 2. The third kappa shape index (κ3) is 3.10. The minimum absolute atomic E-state index is 0.604. The molecule has 0 heterocycles. The predicted octanol–water partition coefficient (Wildman–Crippen LogP) is 2.63. The molecule has 0 nitrogen and oxygen atoms in total. The molecule has 0 aromatic carbocycles. The molecule has 0 saturated carbocycles. The van der Waals surface area contributed by atoms with Crippen LogP contribution in [0.5, 0.6) is 0 Å². The average Bonchev–Trinajstić information content (AvgIpc) is 1.65. The van der Waals surface area contributed by atoms with Crippen molar-refractivity contribution in [3.63, 3.8) is 0 Å². The molecule has 0 N–H and O–H groups in total. The van der Waals surface area contributed by atoms with Crippen molar-refractivity contribution in [3.05, 3.63) is 6.92 Å². The van der Waals surface area contributed by atoms with E-state index < -0.39 is 0 Å². The van der Waals surface area contributed by atoms with E-state index in [9.17, 15) is 0 Å². The molecule has 0 bridgehead atoms. The molecule has 0 spiro atoms. The highest BCUT2D eigenvalue weighted by Crippen LogP contribution is 2.13. The van der Waals surface area contributed by atoms with E-state index in [0.29, 0.717) is 4.83 Å². The molecule has 0 aromatic heterocycles. The number of halogens is 1. The van der Waals surface area contributed by atoms with Gasteiger partial charge in [0.2, 0.25) is 0 Å². The minimum Gasteiger partial charge on any atom is -0.0888 e. The molecule has 0 rings (SSSR count). The van der Waals surface area contributed by atoms with Crippen molar-refractivity contribution in [3.8, 4) is 0 Å². The summed E-state index contributed by atoms with van der Waals surface area (Å²) in [6.07, 6.45) is 0.984. The number of hydrogen-bond acceptors (Lipinski definition) is 0. The molecule has 0 aliphatic heterocycles. The second kappa shape index (κ2) is 3.48. The van der Waals surface area contributed by atoms with Gasteiger partial charge >= 0.3 is 0 Å². The molecule has 0 aromatic rings. The van der Waals surface area contributed by atoms with Gasteiger partial charge in [-0.25, -0.2) is 0 Å².